The number of aromatic nitrogens is 1. The lowest BCUT2D eigenvalue weighted by atomic mass is 9.92. The third-order valence-electron chi connectivity index (χ3n) is 4.58. The summed E-state index contributed by atoms with van der Waals surface area (Å²) in [5.74, 6) is 0.678. The molecule has 0 spiro atoms. The van der Waals surface area contributed by atoms with E-state index in [1.807, 2.05) is 12.3 Å². The van der Waals surface area contributed by atoms with Crippen molar-refractivity contribution in [2.24, 2.45) is 0 Å². The Hall–Kier alpha value is -0.930. The molecule has 1 unspecified atom stereocenters. The Kier molecular flexibility index (Phi) is 4.46. The average Bonchev–Trinajstić information content (AvgIpc) is 2.50. The zero-order valence-corrected chi connectivity index (χ0v) is 11.7. The normalized spacial score (nSPS) is 26.4. The van der Waals surface area contributed by atoms with Crippen molar-refractivity contribution in [1.82, 2.24) is 15.2 Å². The van der Waals surface area contributed by atoms with Gasteiger partial charge in [-0.2, -0.15) is 0 Å². The van der Waals surface area contributed by atoms with E-state index >= 15 is 0 Å². The number of rotatable bonds is 3. The van der Waals surface area contributed by atoms with Gasteiger partial charge in [0.25, 0.3) is 0 Å². The standard InChI is InChI=1S/C16H25N3/c1-3-9-17-15(5-1)13-19-11-7-14(8-12-19)16-6-2-4-10-18-16/h2,4,6,10,14-15,17H,1,3,5,7-9,11-13H2. The summed E-state index contributed by atoms with van der Waals surface area (Å²) >= 11 is 0. The molecule has 1 N–H and O–H groups in total. The lowest BCUT2D eigenvalue weighted by molar-refractivity contribution is 0.180. The zero-order chi connectivity index (χ0) is 12.9. The molecule has 2 aliphatic heterocycles. The van der Waals surface area contributed by atoms with E-state index in [-0.39, 0.29) is 0 Å². The van der Waals surface area contributed by atoms with Crippen molar-refractivity contribution in [3.8, 4) is 0 Å². The van der Waals surface area contributed by atoms with Gasteiger partial charge in [-0.15, -0.1) is 0 Å². The molecule has 3 heterocycles. The highest BCUT2D eigenvalue weighted by molar-refractivity contribution is 5.10. The second kappa shape index (κ2) is 6.49. The Morgan fingerprint density at radius 2 is 2.05 bits per heavy atom. The quantitative estimate of drug-likeness (QED) is 0.903. The first-order chi connectivity index (χ1) is 9.42. The van der Waals surface area contributed by atoms with Gasteiger partial charge in [0, 0.05) is 30.4 Å². The highest BCUT2D eigenvalue weighted by atomic mass is 15.2. The average molecular weight is 259 g/mol. The van der Waals surface area contributed by atoms with Gasteiger partial charge in [0.2, 0.25) is 0 Å². The maximum absolute atomic E-state index is 4.51. The molecule has 1 aromatic rings. The third-order valence-corrected chi connectivity index (χ3v) is 4.58. The molecule has 1 atom stereocenters. The first kappa shape index (κ1) is 13.1. The molecule has 19 heavy (non-hydrogen) atoms. The van der Waals surface area contributed by atoms with Crippen LogP contribution < -0.4 is 5.32 Å². The minimum Gasteiger partial charge on any atom is -0.313 e. The van der Waals surface area contributed by atoms with Gasteiger partial charge in [-0.3, -0.25) is 4.98 Å². The molecule has 3 nitrogen and oxygen atoms in total. The Morgan fingerprint density at radius 1 is 1.16 bits per heavy atom. The summed E-state index contributed by atoms with van der Waals surface area (Å²) in [6.07, 6.45) is 8.58. The van der Waals surface area contributed by atoms with Crippen LogP contribution in [0.25, 0.3) is 0 Å². The Labute approximate surface area is 116 Å². The number of nitrogens with one attached hydrogen (secondary N) is 1. The van der Waals surface area contributed by atoms with Crippen LogP contribution in [-0.4, -0.2) is 42.1 Å². The van der Waals surface area contributed by atoms with E-state index in [9.17, 15) is 0 Å². The molecular formula is C16H25N3. The smallest absolute Gasteiger partial charge is 0.0435 e. The van der Waals surface area contributed by atoms with Crippen molar-refractivity contribution >= 4 is 0 Å². The molecule has 2 saturated heterocycles. The van der Waals surface area contributed by atoms with Crippen LogP contribution in [0.15, 0.2) is 24.4 Å². The summed E-state index contributed by atoms with van der Waals surface area (Å²) in [5, 5.41) is 3.66. The minimum atomic E-state index is 0.678. The first-order valence-corrected chi connectivity index (χ1v) is 7.78. The Balaban J connectivity index is 1.46. The molecule has 0 aliphatic carbocycles. The topological polar surface area (TPSA) is 28.2 Å². The first-order valence-electron chi connectivity index (χ1n) is 7.78. The van der Waals surface area contributed by atoms with Crippen LogP contribution in [0.2, 0.25) is 0 Å². The summed E-state index contributed by atoms with van der Waals surface area (Å²) in [6, 6.07) is 7.04. The van der Waals surface area contributed by atoms with Gasteiger partial charge in [-0.1, -0.05) is 12.5 Å². The van der Waals surface area contributed by atoms with Crippen molar-refractivity contribution in [2.45, 2.75) is 44.1 Å². The van der Waals surface area contributed by atoms with Gasteiger partial charge >= 0.3 is 0 Å². The fraction of sp³-hybridized carbons (Fsp3) is 0.688. The van der Waals surface area contributed by atoms with E-state index in [4.69, 9.17) is 0 Å². The summed E-state index contributed by atoms with van der Waals surface area (Å²) in [4.78, 5) is 7.15. The zero-order valence-electron chi connectivity index (χ0n) is 11.7. The van der Waals surface area contributed by atoms with Gasteiger partial charge in [0.15, 0.2) is 0 Å². The lowest BCUT2D eigenvalue weighted by Crippen LogP contribution is -2.45. The van der Waals surface area contributed by atoms with E-state index in [0.717, 1.165) is 6.04 Å². The lowest BCUT2D eigenvalue weighted by Gasteiger charge is -2.35. The van der Waals surface area contributed by atoms with Crippen molar-refractivity contribution in [3.05, 3.63) is 30.1 Å². The number of piperidine rings is 2. The summed E-state index contributed by atoms with van der Waals surface area (Å²) in [6.45, 7) is 4.93. The molecule has 0 bridgehead atoms. The third kappa shape index (κ3) is 3.54. The number of nitrogens with zero attached hydrogens (tertiary/aromatic N) is 2. The van der Waals surface area contributed by atoms with Crippen LogP contribution in [0, 0.1) is 0 Å². The Morgan fingerprint density at radius 3 is 2.74 bits per heavy atom. The van der Waals surface area contributed by atoms with Crippen LogP contribution in [0.3, 0.4) is 0 Å². The molecular weight excluding hydrogens is 234 g/mol. The second-order valence-electron chi connectivity index (χ2n) is 5.98. The predicted molar refractivity (Wildman–Crippen MR) is 78.3 cm³/mol. The molecule has 0 saturated carbocycles. The summed E-state index contributed by atoms with van der Waals surface area (Å²) < 4.78 is 0. The fourth-order valence-corrected chi connectivity index (χ4v) is 3.42. The van der Waals surface area contributed by atoms with Gasteiger partial charge in [-0.05, 0) is 57.5 Å². The van der Waals surface area contributed by atoms with E-state index in [1.54, 1.807) is 0 Å². The van der Waals surface area contributed by atoms with Crippen molar-refractivity contribution in [2.75, 3.05) is 26.2 Å². The highest BCUT2D eigenvalue weighted by Crippen LogP contribution is 2.26. The molecule has 2 fully saturated rings. The van der Waals surface area contributed by atoms with E-state index in [0.29, 0.717) is 5.92 Å². The molecule has 3 rings (SSSR count). The maximum Gasteiger partial charge on any atom is 0.0435 e. The maximum atomic E-state index is 4.51. The van der Waals surface area contributed by atoms with Crippen LogP contribution in [-0.2, 0) is 0 Å². The van der Waals surface area contributed by atoms with Gasteiger partial charge in [0.05, 0.1) is 0 Å². The molecule has 1 aromatic heterocycles. The van der Waals surface area contributed by atoms with Crippen LogP contribution in [0.1, 0.15) is 43.7 Å². The van der Waals surface area contributed by atoms with E-state index in [2.05, 4.69) is 27.3 Å². The van der Waals surface area contributed by atoms with Crippen molar-refractivity contribution in [1.29, 1.82) is 0 Å². The molecule has 0 amide bonds. The minimum absolute atomic E-state index is 0.678. The van der Waals surface area contributed by atoms with E-state index < -0.39 is 0 Å². The fourth-order valence-electron chi connectivity index (χ4n) is 3.42. The summed E-state index contributed by atoms with van der Waals surface area (Å²) in [7, 11) is 0. The number of pyridine rings is 1. The molecule has 104 valence electrons. The largest absolute Gasteiger partial charge is 0.313 e. The monoisotopic (exact) mass is 259 g/mol. The van der Waals surface area contributed by atoms with Crippen molar-refractivity contribution < 1.29 is 0 Å². The molecule has 0 aromatic carbocycles. The SMILES string of the molecule is c1ccc(C2CCN(CC3CCCCN3)CC2)nc1. The van der Waals surface area contributed by atoms with Crippen molar-refractivity contribution in [3.63, 3.8) is 0 Å². The molecule has 3 heteroatoms. The van der Waals surface area contributed by atoms with Crippen LogP contribution >= 0.6 is 0 Å². The van der Waals surface area contributed by atoms with Gasteiger partial charge < -0.3 is 10.2 Å². The predicted octanol–water partition coefficient (Wildman–Crippen LogP) is 2.40. The van der Waals surface area contributed by atoms with Gasteiger partial charge in [-0.25, -0.2) is 0 Å². The van der Waals surface area contributed by atoms with Gasteiger partial charge in [0.1, 0.15) is 0 Å². The Bertz CT molecular complexity index is 365. The molecule has 2 aliphatic rings. The highest BCUT2D eigenvalue weighted by Gasteiger charge is 2.23. The number of hydrogen-bond donors (Lipinski definition) is 1. The van der Waals surface area contributed by atoms with Crippen LogP contribution in [0.4, 0.5) is 0 Å². The van der Waals surface area contributed by atoms with E-state index in [1.165, 1.54) is 64.0 Å². The number of hydrogen-bond acceptors (Lipinski definition) is 3. The number of likely N-dealkylation sites (tertiary alicyclic amines) is 1. The second-order valence-corrected chi connectivity index (χ2v) is 5.98. The van der Waals surface area contributed by atoms with Crippen LogP contribution in [0.5, 0.6) is 0 Å². The molecule has 0 radical (unpaired) electrons. The summed E-state index contributed by atoms with van der Waals surface area (Å²) in [5.41, 5.74) is 1.29.